The summed E-state index contributed by atoms with van der Waals surface area (Å²) in [7, 11) is 0. The summed E-state index contributed by atoms with van der Waals surface area (Å²) in [5.74, 6) is 0. The number of aromatic nitrogens is 2. The first-order chi connectivity index (χ1) is 6.72. The molecule has 0 amide bonds. The molecule has 1 aromatic heterocycles. The zero-order chi connectivity index (χ0) is 10.4. The average Bonchev–Trinajstić information content (AvgIpc) is 2.52. The molecule has 1 atom stereocenters. The first-order valence-electron chi connectivity index (χ1n) is 4.90. The van der Waals surface area contributed by atoms with Gasteiger partial charge in [-0.25, -0.2) is 0 Å². The van der Waals surface area contributed by atoms with E-state index >= 15 is 0 Å². The molecule has 0 spiro atoms. The molecule has 0 aliphatic rings. The topological polar surface area (TPSA) is 37.8 Å². The lowest BCUT2D eigenvalue weighted by Crippen LogP contribution is -2.14. The van der Waals surface area contributed by atoms with Crippen molar-refractivity contribution in [3.05, 3.63) is 17.7 Å². The molecule has 3 nitrogen and oxygen atoms in total. The number of nitrogens with zero attached hydrogens (tertiary/aromatic N) is 2. The highest BCUT2D eigenvalue weighted by Crippen LogP contribution is 2.16. The normalized spacial score (nSPS) is 12.4. The number of allylic oxidation sites excluding steroid dienone is 1. The molecular formula is C10H17N3S. The van der Waals surface area contributed by atoms with Gasteiger partial charge in [-0.15, -0.1) is 16.8 Å². The van der Waals surface area contributed by atoms with E-state index in [1.807, 2.05) is 13.0 Å². The monoisotopic (exact) mass is 211 g/mol. The van der Waals surface area contributed by atoms with E-state index in [1.165, 1.54) is 6.42 Å². The summed E-state index contributed by atoms with van der Waals surface area (Å²) in [5.41, 5.74) is 0. The van der Waals surface area contributed by atoms with Gasteiger partial charge in [-0.1, -0.05) is 17.4 Å². The maximum absolute atomic E-state index is 4.02. The van der Waals surface area contributed by atoms with E-state index in [9.17, 15) is 0 Å². The quantitative estimate of drug-likeness (QED) is 0.580. The van der Waals surface area contributed by atoms with Crippen LogP contribution in [0, 0.1) is 6.92 Å². The van der Waals surface area contributed by atoms with E-state index in [0.29, 0.717) is 6.04 Å². The zero-order valence-corrected chi connectivity index (χ0v) is 9.60. The first kappa shape index (κ1) is 11.2. The Balaban J connectivity index is 2.26. The minimum atomic E-state index is 0.460. The van der Waals surface area contributed by atoms with Gasteiger partial charge in [-0.05, 0) is 33.1 Å². The Morgan fingerprint density at radius 1 is 1.57 bits per heavy atom. The number of nitrogens with one attached hydrogen (secondary N) is 1. The molecule has 0 aliphatic heterocycles. The fraction of sp³-hybridized carbons (Fsp3) is 0.600. The Labute approximate surface area is 89.3 Å². The lowest BCUT2D eigenvalue weighted by atomic mass is 10.1. The van der Waals surface area contributed by atoms with Gasteiger partial charge >= 0.3 is 0 Å². The third-order valence-electron chi connectivity index (χ3n) is 1.94. The Hall–Kier alpha value is -0.900. The number of rotatable bonds is 6. The van der Waals surface area contributed by atoms with Crippen molar-refractivity contribution in [3.8, 4) is 0 Å². The second kappa shape index (κ2) is 5.75. The maximum atomic E-state index is 4.02. The van der Waals surface area contributed by atoms with Crippen LogP contribution in [0.3, 0.4) is 0 Å². The van der Waals surface area contributed by atoms with Gasteiger partial charge in [0.2, 0.25) is 5.13 Å². The van der Waals surface area contributed by atoms with E-state index in [2.05, 4.69) is 29.0 Å². The molecule has 14 heavy (non-hydrogen) atoms. The molecule has 0 fully saturated rings. The second-order valence-electron chi connectivity index (χ2n) is 3.39. The summed E-state index contributed by atoms with van der Waals surface area (Å²) < 4.78 is 0. The Morgan fingerprint density at radius 3 is 2.93 bits per heavy atom. The highest BCUT2D eigenvalue weighted by molar-refractivity contribution is 7.15. The lowest BCUT2D eigenvalue weighted by molar-refractivity contribution is 0.662. The largest absolute Gasteiger partial charge is 0.358 e. The molecule has 0 radical (unpaired) electrons. The molecule has 4 heteroatoms. The van der Waals surface area contributed by atoms with Crippen molar-refractivity contribution in [3.63, 3.8) is 0 Å². The van der Waals surface area contributed by atoms with Gasteiger partial charge < -0.3 is 5.32 Å². The van der Waals surface area contributed by atoms with E-state index in [4.69, 9.17) is 0 Å². The van der Waals surface area contributed by atoms with E-state index in [0.717, 1.165) is 23.0 Å². The zero-order valence-electron chi connectivity index (χ0n) is 8.79. The van der Waals surface area contributed by atoms with Crippen LogP contribution in [0.4, 0.5) is 5.13 Å². The van der Waals surface area contributed by atoms with Crippen molar-refractivity contribution < 1.29 is 0 Å². The van der Waals surface area contributed by atoms with Crippen molar-refractivity contribution in [2.45, 2.75) is 39.2 Å². The molecule has 78 valence electrons. The molecule has 1 rings (SSSR count). The summed E-state index contributed by atoms with van der Waals surface area (Å²) in [5, 5.41) is 13.2. The average molecular weight is 211 g/mol. The standard InChI is InChI=1S/C10H17N3S/c1-4-5-6-7-8(2)11-10-13-12-9(3)14-10/h4,8H,1,5-7H2,2-3H3,(H,11,13). The van der Waals surface area contributed by atoms with Crippen LogP contribution in [0.15, 0.2) is 12.7 Å². The van der Waals surface area contributed by atoms with Crippen LogP contribution in [0.5, 0.6) is 0 Å². The van der Waals surface area contributed by atoms with E-state index < -0.39 is 0 Å². The summed E-state index contributed by atoms with van der Waals surface area (Å²) >= 11 is 1.60. The van der Waals surface area contributed by atoms with Crippen LogP contribution in [0.2, 0.25) is 0 Å². The summed E-state index contributed by atoms with van der Waals surface area (Å²) in [6.45, 7) is 7.83. The van der Waals surface area contributed by atoms with Crippen LogP contribution in [0.25, 0.3) is 0 Å². The predicted octanol–water partition coefficient (Wildman–Crippen LogP) is 3.00. The molecular weight excluding hydrogens is 194 g/mol. The molecule has 0 saturated heterocycles. The number of hydrogen-bond acceptors (Lipinski definition) is 4. The Kier molecular flexibility index (Phi) is 4.59. The van der Waals surface area contributed by atoms with Gasteiger partial charge in [0.15, 0.2) is 0 Å². The van der Waals surface area contributed by atoms with Crippen LogP contribution in [-0.4, -0.2) is 16.2 Å². The van der Waals surface area contributed by atoms with Crippen LogP contribution < -0.4 is 5.32 Å². The second-order valence-corrected chi connectivity index (χ2v) is 4.57. The SMILES string of the molecule is C=CCCCC(C)Nc1nnc(C)s1. The Bertz CT molecular complexity index is 283. The lowest BCUT2D eigenvalue weighted by Gasteiger charge is -2.10. The van der Waals surface area contributed by atoms with Gasteiger partial charge in [0, 0.05) is 6.04 Å². The molecule has 0 bridgehead atoms. The van der Waals surface area contributed by atoms with Gasteiger partial charge in [-0.2, -0.15) is 0 Å². The molecule has 1 unspecified atom stereocenters. The third-order valence-corrected chi connectivity index (χ3v) is 2.71. The Morgan fingerprint density at radius 2 is 2.36 bits per heavy atom. The highest BCUT2D eigenvalue weighted by atomic mass is 32.1. The van der Waals surface area contributed by atoms with Crippen LogP contribution >= 0.6 is 11.3 Å². The van der Waals surface area contributed by atoms with Crippen LogP contribution in [0.1, 0.15) is 31.2 Å². The summed E-state index contributed by atoms with van der Waals surface area (Å²) in [6.07, 6.45) is 5.36. The molecule has 1 heterocycles. The fourth-order valence-corrected chi connectivity index (χ4v) is 1.91. The van der Waals surface area contributed by atoms with Gasteiger partial charge in [0.1, 0.15) is 5.01 Å². The maximum Gasteiger partial charge on any atom is 0.205 e. The number of anilines is 1. The van der Waals surface area contributed by atoms with E-state index in [-0.39, 0.29) is 0 Å². The summed E-state index contributed by atoms with van der Waals surface area (Å²) in [4.78, 5) is 0. The van der Waals surface area contributed by atoms with Crippen molar-refractivity contribution in [2.75, 3.05) is 5.32 Å². The van der Waals surface area contributed by atoms with Crippen LogP contribution in [-0.2, 0) is 0 Å². The van der Waals surface area contributed by atoms with Crippen molar-refractivity contribution in [1.29, 1.82) is 0 Å². The smallest absolute Gasteiger partial charge is 0.205 e. The van der Waals surface area contributed by atoms with Gasteiger partial charge in [0.05, 0.1) is 0 Å². The molecule has 1 aromatic rings. The minimum absolute atomic E-state index is 0.460. The molecule has 1 N–H and O–H groups in total. The first-order valence-corrected chi connectivity index (χ1v) is 5.71. The molecule has 0 aromatic carbocycles. The third kappa shape index (κ3) is 3.87. The predicted molar refractivity (Wildman–Crippen MR) is 61.8 cm³/mol. The van der Waals surface area contributed by atoms with Crippen molar-refractivity contribution in [2.24, 2.45) is 0 Å². The highest BCUT2D eigenvalue weighted by Gasteiger charge is 2.04. The van der Waals surface area contributed by atoms with Gasteiger partial charge in [-0.3, -0.25) is 0 Å². The molecule has 0 aliphatic carbocycles. The number of unbranched alkanes of at least 4 members (excludes halogenated alkanes) is 1. The van der Waals surface area contributed by atoms with Crippen molar-refractivity contribution in [1.82, 2.24) is 10.2 Å². The minimum Gasteiger partial charge on any atom is -0.358 e. The fourth-order valence-electron chi connectivity index (χ4n) is 1.21. The van der Waals surface area contributed by atoms with Crippen molar-refractivity contribution >= 4 is 16.5 Å². The number of hydrogen-bond donors (Lipinski definition) is 1. The molecule has 0 saturated carbocycles. The number of aryl methyl sites for hydroxylation is 1. The van der Waals surface area contributed by atoms with Gasteiger partial charge in [0.25, 0.3) is 0 Å². The van der Waals surface area contributed by atoms with E-state index in [1.54, 1.807) is 11.3 Å². The summed E-state index contributed by atoms with van der Waals surface area (Å²) in [6, 6.07) is 0.460.